The molecule has 0 amide bonds. The summed E-state index contributed by atoms with van der Waals surface area (Å²) in [5.74, 6) is -0.973. The number of alkyl halides is 3. The first-order valence-electron chi connectivity index (χ1n) is 8.65. The van der Waals surface area contributed by atoms with E-state index in [1.807, 2.05) is 0 Å². The number of hydrogen-bond donors (Lipinski definition) is 0. The van der Waals surface area contributed by atoms with Gasteiger partial charge in [-0.3, -0.25) is 0 Å². The molecular formula is C19H12ClF4N5O2. The van der Waals surface area contributed by atoms with Gasteiger partial charge in [0.15, 0.2) is 5.65 Å². The van der Waals surface area contributed by atoms with E-state index in [1.54, 1.807) is 13.0 Å². The predicted octanol–water partition coefficient (Wildman–Crippen LogP) is 5.11. The van der Waals surface area contributed by atoms with Crippen LogP contribution in [0.2, 0.25) is 5.28 Å². The second kappa shape index (κ2) is 7.65. The van der Waals surface area contributed by atoms with Crippen LogP contribution < -0.4 is 9.47 Å². The van der Waals surface area contributed by atoms with Gasteiger partial charge in [0.1, 0.15) is 11.6 Å². The Morgan fingerprint density at radius 3 is 2.52 bits per heavy atom. The minimum Gasteiger partial charge on any atom is -0.481 e. The third-order valence-corrected chi connectivity index (χ3v) is 4.55. The predicted molar refractivity (Wildman–Crippen MR) is 102 cm³/mol. The number of fused-ring (bicyclic) bond motifs is 1. The quantitative estimate of drug-likeness (QED) is 0.400. The highest BCUT2D eigenvalue weighted by molar-refractivity contribution is 6.28. The zero-order chi connectivity index (χ0) is 22.3. The van der Waals surface area contributed by atoms with Gasteiger partial charge in [-0.05, 0) is 48.9 Å². The standard InChI is InChI=1S/C19H12ClF4N5O2/c1-9-5-15-26-27-18(20)29(15)28-16(9)31-14-6-10(19(22,23)24)3-4-12(14)13-7-11(21)8-25-17(13)30-2/h3-8H,1-2H3. The van der Waals surface area contributed by atoms with Crippen molar-refractivity contribution in [1.29, 1.82) is 0 Å². The Labute approximate surface area is 177 Å². The molecule has 4 aromatic rings. The molecule has 0 aliphatic heterocycles. The lowest BCUT2D eigenvalue weighted by Crippen LogP contribution is -2.06. The number of methoxy groups -OCH3 is 1. The van der Waals surface area contributed by atoms with Crippen molar-refractivity contribution < 1.29 is 27.0 Å². The van der Waals surface area contributed by atoms with Crippen LogP contribution in [-0.4, -0.2) is 31.9 Å². The van der Waals surface area contributed by atoms with E-state index in [1.165, 1.54) is 11.6 Å². The molecule has 0 aliphatic carbocycles. The van der Waals surface area contributed by atoms with Crippen molar-refractivity contribution in [2.45, 2.75) is 13.1 Å². The van der Waals surface area contributed by atoms with Crippen molar-refractivity contribution in [3.8, 4) is 28.6 Å². The summed E-state index contributed by atoms with van der Waals surface area (Å²) in [7, 11) is 1.31. The number of aryl methyl sites for hydroxylation is 1. The van der Waals surface area contributed by atoms with Gasteiger partial charge in [0.25, 0.3) is 0 Å². The highest BCUT2D eigenvalue weighted by Crippen LogP contribution is 2.41. The number of pyridine rings is 1. The van der Waals surface area contributed by atoms with E-state index in [-0.39, 0.29) is 33.9 Å². The Morgan fingerprint density at radius 1 is 1.03 bits per heavy atom. The van der Waals surface area contributed by atoms with Crippen molar-refractivity contribution >= 4 is 17.2 Å². The van der Waals surface area contributed by atoms with Crippen molar-refractivity contribution in [2.24, 2.45) is 0 Å². The lowest BCUT2D eigenvalue weighted by atomic mass is 10.0. The van der Waals surface area contributed by atoms with Gasteiger partial charge in [-0.2, -0.15) is 17.7 Å². The van der Waals surface area contributed by atoms with Gasteiger partial charge in [-0.15, -0.1) is 15.3 Å². The maximum Gasteiger partial charge on any atom is 0.416 e. The van der Waals surface area contributed by atoms with Gasteiger partial charge in [0.05, 0.1) is 24.4 Å². The van der Waals surface area contributed by atoms with Crippen LogP contribution in [0.4, 0.5) is 17.6 Å². The number of aromatic nitrogens is 5. The molecule has 0 bridgehead atoms. The van der Waals surface area contributed by atoms with E-state index in [9.17, 15) is 17.6 Å². The molecule has 4 rings (SSSR count). The fraction of sp³-hybridized carbons (Fsp3) is 0.158. The smallest absolute Gasteiger partial charge is 0.416 e. The second-order valence-electron chi connectivity index (χ2n) is 6.39. The molecule has 31 heavy (non-hydrogen) atoms. The van der Waals surface area contributed by atoms with Crippen molar-refractivity contribution in [2.75, 3.05) is 7.11 Å². The van der Waals surface area contributed by atoms with Crippen LogP contribution in [-0.2, 0) is 6.18 Å². The van der Waals surface area contributed by atoms with Gasteiger partial charge in [0.2, 0.25) is 17.0 Å². The summed E-state index contributed by atoms with van der Waals surface area (Å²) in [5, 5.41) is 11.6. The third kappa shape index (κ3) is 3.96. The zero-order valence-electron chi connectivity index (χ0n) is 15.9. The van der Waals surface area contributed by atoms with E-state index >= 15 is 0 Å². The summed E-state index contributed by atoms with van der Waals surface area (Å²) in [6, 6.07) is 5.43. The maximum atomic E-state index is 13.9. The minimum absolute atomic E-state index is 0.00740. The van der Waals surface area contributed by atoms with Gasteiger partial charge >= 0.3 is 6.18 Å². The Hall–Kier alpha value is -3.47. The molecule has 3 aromatic heterocycles. The Balaban J connectivity index is 1.90. The summed E-state index contributed by atoms with van der Waals surface area (Å²) in [6.45, 7) is 1.63. The van der Waals surface area contributed by atoms with Crippen LogP contribution >= 0.6 is 11.6 Å². The van der Waals surface area contributed by atoms with Crippen LogP contribution in [0.3, 0.4) is 0 Å². The molecule has 160 valence electrons. The Bertz CT molecular complexity index is 1290. The first-order valence-corrected chi connectivity index (χ1v) is 9.02. The van der Waals surface area contributed by atoms with Gasteiger partial charge in [-0.25, -0.2) is 9.37 Å². The molecule has 0 atom stereocenters. The Kier molecular flexibility index (Phi) is 5.13. The number of ether oxygens (including phenoxy) is 2. The fourth-order valence-electron chi connectivity index (χ4n) is 2.87. The molecule has 3 heterocycles. The van der Waals surface area contributed by atoms with Crippen molar-refractivity contribution in [1.82, 2.24) is 24.8 Å². The summed E-state index contributed by atoms with van der Waals surface area (Å²) >= 11 is 5.93. The Morgan fingerprint density at radius 2 is 1.81 bits per heavy atom. The fourth-order valence-corrected chi connectivity index (χ4v) is 3.03. The third-order valence-electron chi connectivity index (χ3n) is 4.32. The van der Waals surface area contributed by atoms with Crippen LogP contribution in [0.5, 0.6) is 17.5 Å². The molecule has 0 saturated heterocycles. The van der Waals surface area contributed by atoms with E-state index in [0.717, 1.165) is 30.5 Å². The molecule has 0 spiro atoms. The zero-order valence-corrected chi connectivity index (χ0v) is 16.7. The maximum absolute atomic E-state index is 13.9. The van der Waals surface area contributed by atoms with E-state index in [0.29, 0.717) is 11.2 Å². The number of hydrogen-bond acceptors (Lipinski definition) is 6. The second-order valence-corrected chi connectivity index (χ2v) is 6.73. The van der Waals surface area contributed by atoms with Crippen LogP contribution in [0.25, 0.3) is 16.8 Å². The van der Waals surface area contributed by atoms with E-state index < -0.39 is 17.6 Å². The van der Waals surface area contributed by atoms with Gasteiger partial charge in [-0.1, -0.05) is 0 Å². The molecule has 0 saturated carbocycles. The largest absolute Gasteiger partial charge is 0.481 e. The molecule has 0 unspecified atom stereocenters. The molecule has 12 heteroatoms. The number of halogens is 5. The lowest BCUT2D eigenvalue weighted by Gasteiger charge is -2.16. The first-order chi connectivity index (χ1) is 14.7. The molecule has 0 N–H and O–H groups in total. The summed E-state index contributed by atoms with van der Waals surface area (Å²) in [4.78, 5) is 3.83. The first kappa shape index (κ1) is 20.8. The van der Waals surface area contributed by atoms with Crippen molar-refractivity contribution in [3.05, 3.63) is 58.8 Å². The van der Waals surface area contributed by atoms with Crippen LogP contribution in [0.1, 0.15) is 11.1 Å². The normalized spacial score (nSPS) is 11.7. The van der Waals surface area contributed by atoms with E-state index in [4.69, 9.17) is 21.1 Å². The highest BCUT2D eigenvalue weighted by atomic mass is 35.5. The number of nitrogens with zero attached hydrogens (tertiary/aromatic N) is 5. The SMILES string of the molecule is COc1ncc(F)cc1-c1ccc(C(F)(F)F)cc1Oc1nn2c(Cl)nnc2cc1C. The monoisotopic (exact) mass is 453 g/mol. The van der Waals surface area contributed by atoms with Gasteiger partial charge < -0.3 is 9.47 Å². The summed E-state index contributed by atoms with van der Waals surface area (Å²) < 4.78 is 65.9. The molecular weight excluding hydrogens is 442 g/mol. The lowest BCUT2D eigenvalue weighted by molar-refractivity contribution is -0.137. The average molecular weight is 454 g/mol. The molecule has 0 radical (unpaired) electrons. The molecule has 0 aliphatic rings. The van der Waals surface area contributed by atoms with Crippen LogP contribution in [0.15, 0.2) is 36.5 Å². The number of rotatable bonds is 4. The molecule has 7 nitrogen and oxygen atoms in total. The number of benzene rings is 1. The van der Waals surface area contributed by atoms with E-state index in [2.05, 4.69) is 20.3 Å². The van der Waals surface area contributed by atoms with Crippen molar-refractivity contribution in [3.63, 3.8) is 0 Å². The average Bonchev–Trinajstić information content (AvgIpc) is 3.07. The highest BCUT2D eigenvalue weighted by Gasteiger charge is 2.32. The summed E-state index contributed by atoms with van der Waals surface area (Å²) in [5.41, 5.74) is 0.0512. The van der Waals surface area contributed by atoms with Crippen LogP contribution in [0, 0.1) is 12.7 Å². The van der Waals surface area contributed by atoms with Gasteiger partial charge in [0, 0.05) is 11.1 Å². The topological polar surface area (TPSA) is 74.4 Å². The minimum atomic E-state index is -4.63. The summed E-state index contributed by atoms with van der Waals surface area (Å²) in [6.07, 6.45) is -3.70. The molecule has 1 aromatic carbocycles. The molecule has 0 fully saturated rings.